The minimum absolute atomic E-state index is 0.0831. The number of esters is 1. The highest BCUT2D eigenvalue weighted by Crippen LogP contribution is 2.42. The van der Waals surface area contributed by atoms with Crippen LogP contribution in [-0.4, -0.2) is 18.8 Å². The lowest BCUT2D eigenvalue weighted by Crippen LogP contribution is -2.44. The number of hydrogen-bond acceptors (Lipinski definition) is 3. The molecular weight excluding hydrogens is 393 g/mol. The van der Waals surface area contributed by atoms with Gasteiger partial charge in [-0.3, -0.25) is 4.79 Å². The fourth-order valence-corrected chi connectivity index (χ4v) is 2.86. The summed E-state index contributed by atoms with van der Waals surface area (Å²) in [6, 6.07) is 14.0. The number of carbonyl (C=O) groups is 1. The molecule has 0 aromatic heterocycles. The molecule has 2 aromatic rings. The van der Waals surface area contributed by atoms with Crippen LogP contribution in [0.2, 0.25) is 0 Å². The SMILES string of the molecule is CCCCCCOc1ccc(-c2ccc(OC(=O)C(C)(CC)C(F)(F)F)cc2)cc1. The smallest absolute Gasteiger partial charge is 0.404 e. The van der Waals surface area contributed by atoms with E-state index < -0.39 is 17.6 Å². The molecule has 0 spiro atoms. The Balaban J connectivity index is 1.98. The van der Waals surface area contributed by atoms with E-state index in [0.29, 0.717) is 6.61 Å². The van der Waals surface area contributed by atoms with Crippen LogP contribution in [0.4, 0.5) is 13.2 Å². The molecule has 2 aromatic carbocycles. The highest BCUT2D eigenvalue weighted by molar-refractivity contribution is 5.80. The molecule has 0 amide bonds. The van der Waals surface area contributed by atoms with E-state index in [1.807, 2.05) is 24.3 Å². The normalized spacial score (nSPS) is 13.5. The van der Waals surface area contributed by atoms with Gasteiger partial charge in [-0.1, -0.05) is 57.4 Å². The Morgan fingerprint density at radius 3 is 1.83 bits per heavy atom. The topological polar surface area (TPSA) is 35.5 Å². The van der Waals surface area contributed by atoms with Gasteiger partial charge in [0.15, 0.2) is 5.41 Å². The Kier molecular flexibility index (Phi) is 8.33. The van der Waals surface area contributed by atoms with Crippen LogP contribution in [0.25, 0.3) is 11.1 Å². The van der Waals surface area contributed by atoms with Crippen LogP contribution in [0.1, 0.15) is 52.9 Å². The van der Waals surface area contributed by atoms with Crippen LogP contribution in [0, 0.1) is 5.41 Å². The first kappa shape index (κ1) is 23.8. The maximum Gasteiger partial charge on any atom is 0.404 e. The van der Waals surface area contributed by atoms with Crippen molar-refractivity contribution in [2.75, 3.05) is 6.61 Å². The quantitative estimate of drug-likeness (QED) is 0.231. The molecule has 0 bridgehead atoms. The second-order valence-corrected chi connectivity index (χ2v) is 7.53. The lowest BCUT2D eigenvalue weighted by Gasteiger charge is -2.28. The van der Waals surface area contributed by atoms with Gasteiger partial charge in [0.05, 0.1) is 6.61 Å². The van der Waals surface area contributed by atoms with E-state index in [1.54, 1.807) is 12.1 Å². The summed E-state index contributed by atoms with van der Waals surface area (Å²) in [6.45, 7) is 5.03. The van der Waals surface area contributed by atoms with Crippen molar-refractivity contribution in [3.05, 3.63) is 48.5 Å². The van der Waals surface area contributed by atoms with Crippen LogP contribution >= 0.6 is 0 Å². The molecule has 0 radical (unpaired) electrons. The maximum atomic E-state index is 13.2. The largest absolute Gasteiger partial charge is 0.494 e. The van der Waals surface area contributed by atoms with Crippen molar-refractivity contribution in [3.63, 3.8) is 0 Å². The fraction of sp³-hybridized carbons (Fsp3) is 0.458. The predicted molar refractivity (Wildman–Crippen MR) is 112 cm³/mol. The third-order valence-electron chi connectivity index (χ3n) is 5.30. The summed E-state index contributed by atoms with van der Waals surface area (Å²) in [5, 5.41) is 0. The van der Waals surface area contributed by atoms with Crippen LogP contribution in [0.5, 0.6) is 11.5 Å². The summed E-state index contributed by atoms with van der Waals surface area (Å²) in [5.41, 5.74) is -0.740. The third kappa shape index (κ3) is 6.00. The molecule has 0 heterocycles. The lowest BCUT2D eigenvalue weighted by molar-refractivity contribution is -0.225. The van der Waals surface area contributed by atoms with Crippen LogP contribution in [-0.2, 0) is 4.79 Å². The van der Waals surface area contributed by atoms with Crippen molar-refractivity contribution >= 4 is 5.97 Å². The van der Waals surface area contributed by atoms with Gasteiger partial charge in [-0.05, 0) is 55.2 Å². The predicted octanol–water partition coefficient (Wildman–Crippen LogP) is 7.20. The maximum absolute atomic E-state index is 13.2. The monoisotopic (exact) mass is 422 g/mol. The first-order valence-electron chi connectivity index (χ1n) is 10.3. The van der Waals surface area contributed by atoms with Gasteiger partial charge in [-0.2, -0.15) is 13.2 Å². The number of hydrogen-bond donors (Lipinski definition) is 0. The van der Waals surface area contributed by atoms with E-state index in [4.69, 9.17) is 9.47 Å². The number of alkyl halides is 3. The van der Waals surface area contributed by atoms with Crippen molar-refractivity contribution < 1.29 is 27.4 Å². The third-order valence-corrected chi connectivity index (χ3v) is 5.30. The van der Waals surface area contributed by atoms with Crippen LogP contribution in [0.15, 0.2) is 48.5 Å². The van der Waals surface area contributed by atoms with E-state index in [-0.39, 0.29) is 12.2 Å². The van der Waals surface area contributed by atoms with Gasteiger partial charge in [0.25, 0.3) is 0 Å². The second-order valence-electron chi connectivity index (χ2n) is 7.53. The van der Waals surface area contributed by atoms with Crippen molar-refractivity contribution in [1.29, 1.82) is 0 Å². The Hall–Kier alpha value is -2.50. The molecule has 0 N–H and O–H groups in total. The van der Waals surface area contributed by atoms with Crippen LogP contribution < -0.4 is 9.47 Å². The molecule has 2 rings (SSSR count). The molecule has 0 saturated carbocycles. The lowest BCUT2D eigenvalue weighted by atomic mass is 9.87. The van der Waals surface area contributed by atoms with Crippen LogP contribution in [0.3, 0.4) is 0 Å². The average molecular weight is 422 g/mol. The van der Waals surface area contributed by atoms with Crippen molar-refractivity contribution in [3.8, 4) is 22.6 Å². The summed E-state index contributed by atoms with van der Waals surface area (Å²) in [5.74, 6) is -0.419. The van der Waals surface area contributed by atoms with Gasteiger partial charge in [0.2, 0.25) is 0 Å². The Morgan fingerprint density at radius 1 is 0.833 bits per heavy atom. The molecule has 3 nitrogen and oxygen atoms in total. The molecule has 0 saturated heterocycles. The highest BCUT2D eigenvalue weighted by atomic mass is 19.4. The van der Waals surface area contributed by atoms with E-state index in [2.05, 4.69) is 6.92 Å². The molecule has 0 aliphatic carbocycles. The average Bonchev–Trinajstić information content (AvgIpc) is 2.73. The Labute approximate surface area is 176 Å². The number of benzene rings is 2. The zero-order valence-electron chi connectivity index (χ0n) is 17.7. The number of ether oxygens (including phenoxy) is 2. The number of carbonyl (C=O) groups excluding carboxylic acids is 1. The Morgan fingerprint density at radius 2 is 1.37 bits per heavy atom. The van der Waals surface area contributed by atoms with Gasteiger partial charge in [0, 0.05) is 0 Å². The van der Waals surface area contributed by atoms with Crippen molar-refractivity contribution in [1.82, 2.24) is 0 Å². The van der Waals surface area contributed by atoms with Crippen molar-refractivity contribution in [2.24, 2.45) is 5.41 Å². The van der Waals surface area contributed by atoms with Gasteiger partial charge >= 0.3 is 12.1 Å². The standard InChI is InChI=1S/C24H29F3O3/c1-4-6-7-8-17-29-20-13-9-18(10-14-20)19-11-15-21(16-12-19)30-22(28)23(3,5-2)24(25,26)27/h9-16H,4-8,17H2,1-3H3. The summed E-state index contributed by atoms with van der Waals surface area (Å²) in [4.78, 5) is 12.1. The van der Waals surface area contributed by atoms with E-state index in [0.717, 1.165) is 36.6 Å². The Bertz CT molecular complexity index is 798. The summed E-state index contributed by atoms with van der Waals surface area (Å²) >= 11 is 0. The minimum Gasteiger partial charge on any atom is -0.494 e. The van der Waals surface area contributed by atoms with E-state index >= 15 is 0 Å². The molecule has 164 valence electrons. The molecular formula is C24H29F3O3. The molecule has 1 atom stereocenters. The van der Waals surface area contributed by atoms with Gasteiger partial charge < -0.3 is 9.47 Å². The summed E-state index contributed by atoms with van der Waals surface area (Å²) in [7, 11) is 0. The minimum atomic E-state index is -4.67. The van der Waals surface area contributed by atoms with E-state index in [1.165, 1.54) is 31.9 Å². The fourth-order valence-electron chi connectivity index (χ4n) is 2.86. The number of unbranched alkanes of at least 4 members (excludes halogenated alkanes) is 3. The molecule has 30 heavy (non-hydrogen) atoms. The molecule has 0 aliphatic heterocycles. The summed E-state index contributed by atoms with van der Waals surface area (Å²) in [6.07, 6.45) is -0.472. The molecule has 0 aliphatic rings. The summed E-state index contributed by atoms with van der Waals surface area (Å²) < 4.78 is 50.3. The molecule has 0 fully saturated rings. The second kappa shape index (κ2) is 10.5. The zero-order chi connectivity index (χ0) is 22.2. The van der Waals surface area contributed by atoms with Crippen molar-refractivity contribution in [2.45, 2.75) is 59.1 Å². The highest BCUT2D eigenvalue weighted by Gasteiger charge is 2.56. The van der Waals surface area contributed by atoms with Gasteiger partial charge in [0.1, 0.15) is 11.5 Å². The molecule has 1 unspecified atom stereocenters. The van der Waals surface area contributed by atoms with Gasteiger partial charge in [-0.15, -0.1) is 0 Å². The van der Waals surface area contributed by atoms with Gasteiger partial charge in [-0.25, -0.2) is 0 Å². The van der Waals surface area contributed by atoms with E-state index in [9.17, 15) is 18.0 Å². The first-order chi connectivity index (χ1) is 14.2. The zero-order valence-corrected chi connectivity index (χ0v) is 17.7. The first-order valence-corrected chi connectivity index (χ1v) is 10.3. The molecule has 6 heteroatoms. The number of halogens is 3. The number of rotatable bonds is 10.